The monoisotopic (exact) mass is 319 g/mol. The molecule has 0 unspecified atom stereocenters. The molecule has 1 N–H and O–H groups in total. The van der Waals surface area contributed by atoms with Crippen molar-refractivity contribution in [1.29, 1.82) is 0 Å². The maximum atomic E-state index is 13.1. The van der Waals surface area contributed by atoms with Crippen molar-refractivity contribution in [3.63, 3.8) is 0 Å². The fourth-order valence-corrected chi connectivity index (χ4v) is 2.08. The van der Waals surface area contributed by atoms with E-state index >= 15 is 0 Å². The highest BCUT2D eigenvalue weighted by Crippen LogP contribution is 2.19. The quantitative estimate of drug-likeness (QED) is 0.878. The number of aromatic nitrogens is 2. The van der Waals surface area contributed by atoms with Gasteiger partial charge in [0.15, 0.2) is 6.10 Å². The molecule has 23 heavy (non-hydrogen) atoms. The number of esters is 1. The normalized spacial score (nSPS) is 11.9. The lowest BCUT2D eigenvalue weighted by atomic mass is 10.2. The topological polar surface area (TPSA) is 73.2 Å². The van der Waals surface area contributed by atoms with Crippen molar-refractivity contribution in [3.05, 3.63) is 47.0 Å². The van der Waals surface area contributed by atoms with E-state index in [0.717, 1.165) is 11.8 Å². The van der Waals surface area contributed by atoms with Gasteiger partial charge in [-0.25, -0.2) is 9.18 Å². The number of carbonyl (C=O) groups excluding carboxylic acids is 2. The average molecular weight is 319 g/mol. The molecule has 2 aromatic rings. The second-order valence-electron chi connectivity index (χ2n) is 5.22. The minimum absolute atomic E-state index is 0.0541. The Kier molecular flexibility index (Phi) is 4.78. The molecule has 1 heterocycles. The summed E-state index contributed by atoms with van der Waals surface area (Å²) in [5.41, 5.74) is 2.10. The molecule has 122 valence electrons. The van der Waals surface area contributed by atoms with E-state index in [4.69, 9.17) is 4.74 Å². The minimum atomic E-state index is -1.02. The van der Waals surface area contributed by atoms with E-state index in [1.165, 1.54) is 25.1 Å². The summed E-state index contributed by atoms with van der Waals surface area (Å²) in [6.07, 6.45) is -1.02. The molecule has 0 spiro atoms. The van der Waals surface area contributed by atoms with E-state index in [1.54, 1.807) is 18.7 Å². The lowest BCUT2D eigenvalue weighted by molar-refractivity contribution is -0.123. The summed E-state index contributed by atoms with van der Waals surface area (Å²) >= 11 is 0. The molecule has 0 aliphatic rings. The summed E-state index contributed by atoms with van der Waals surface area (Å²) < 4.78 is 19.8. The van der Waals surface area contributed by atoms with Gasteiger partial charge >= 0.3 is 5.97 Å². The molecule has 1 aromatic heterocycles. The second kappa shape index (κ2) is 6.60. The standard InChI is InChI=1S/C16H18FN3O3/c1-9-14(10(2)20(4)19-9)18-15(21)11(3)23-16(22)12-6-5-7-13(17)8-12/h5-8,11H,1-4H3,(H,18,21)/t11-/m0/s1. The Morgan fingerprint density at radius 3 is 2.61 bits per heavy atom. The first-order valence-corrected chi connectivity index (χ1v) is 7.07. The van der Waals surface area contributed by atoms with Crippen LogP contribution in [0.1, 0.15) is 28.7 Å². The molecule has 0 aliphatic carbocycles. The van der Waals surface area contributed by atoms with Crippen LogP contribution in [0.5, 0.6) is 0 Å². The van der Waals surface area contributed by atoms with Crippen molar-refractivity contribution in [2.75, 3.05) is 5.32 Å². The SMILES string of the molecule is Cc1nn(C)c(C)c1NC(=O)[C@H](C)OC(=O)c1cccc(F)c1. The van der Waals surface area contributed by atoms with Crippen LogP contribution < -0.4 is 5.32 Å². The van der Waals surface area contributed by atoms with Crippen molar-refractivity contribution >= 4 is 17.6 Å². The third-order valence-corrected chi connectivity index (χ3v) is 3.47. The molecular formula is C16H18FN3O3. The minimum Gasteiger partial charge on any atom is -0.449 e. The number of carbonyl (C=O) groups is 2. The summed E-state index contributed by atoms with van der Waals surface area (Å²) in [6, 6.07) is 5.10. The molecule has 0 saturated heterocycles. The zero-order chi connectivity index (χ0) is 17.1. The van der Waals surface area contributed by atoms with Crippen molar-refractivity contribution in [1.82, 2.24) is 9.78 Å². The van der Waals surface area contributed by atoms with Gasteiger partial charge in [-0.3, -0.25) is 9.48 Å². The Balaban J connectivity index is 2.04. The lowest BCUT2D eigenvalue weighted by Gasteiger charge is -2.13. The maximum absolute atomic E-state index is 13.1. The van der Waals surface area contributed by atoms with Gasteiger partial charge in [0.05, 0.1) is 22.6 Å². The van der Waals surface area contributed by atoms with Gasteiger partial charge in [0, 0.05) is 7.05 Å². The Bertz CT molecular complexity index is 755. The first-order valence-electron chi connectivity index (χ1n) is 7.07. The van der Waals surface area contributed by atoms with Crippen LogP contribution >= 0.6 is 0 Å². The number of benzene rings is 1. The molecule has 0 fully saturated rings. The van der Waals surface area contributed by atoms with Crippen LogP contribution in [0.25, 0.3) is 0 Å². The van der Waals surface area contributed by atoms with Crippen molar-refractivity contribution in [2.24, 2.45) is 7.05 Å². The molecule has 1 amide bonds. The average Bonchev–Trinajstić information content (AvgIpc) is 2.73. The molecule has 0 radical (unpaired) electrons. The van der Waals surface area contributed by atoms with E-state index in [0.29, 0.717) is 11.4 Å². The molecule has 0 aliphatic heterocycles. The van der Waals surface area contributed by atoms with E-state index in [2.05, 4.69) is 10.4 Å². The number of hydrogen-bond acceptors (Lipinski definition) is 4. The first-order chi connectivity index (χ1) is 10.8. The largest absolute Gasteiger partial charge is 0.449 e. The summed E-state index contributed by atoms with van der Waals surface area (Å²) in [5, 5.41) is 6.89. The highest BCUT2D eigenvalue weighted by Gasteiger charge is 2.21. The van der Waals surface area contributed by atoms with Crippen LogP contribution in [-0.2, 0) is 16.6 Å². The molecule has 1 aromatic carbocycles. The van der Waals surface area contributed by atoms with E-state index in [1.807, 2.05) is 6.92 Å². The number of aryl methyl sites for hydroxylation is 2. The molecule has 0 saturated carbocycles. The highest BCUT2D eigenvalue weighted by molar-refractivity contribution is 5.97. The fourth-order valence-electron chi connectivity index (χ4n) is 2.08. The first kappa shape index (κ1) is 16.7. The van der Waals surface area contributed by atoms with Gasteiger partial charge in [-0.1, -0.05) is 6.07 Å². The molecule has 6 nitrogen and oxygen atoms in total. The summed E-state index contributed by atoms with van der Waals surface area (Å²) in [7, 11) is 1.77. The zero-order valence-electron chi connectivity index (χ0n) is 13.4. The van der Waals surface area contributed by atoms with Crippen LogP contribution in [0, 0.1) is 19.7 Å². The predicted octanol–water partition coefficient (Wildman–Crippen LogP) is 2.36. The third-order valence-electron chi connectivity index (χ3n) is 3.47. The van der Waals surface area contributed by atoms with Crippen LogP contribution in [-0.4, -0.2) is 27.8 Å². The zero-order valence-corrected chi connectivity index (χ0v) is 13.4. The van der Waals surface area contributed by atoms with Crippen LogP contribution in [0.4, 0.5) is 10.1 Å². The number of amides is 1. The predicted molar refractivity (Wildman–Crippen MR) is 82.6 cm³/mol. The third kappa shape index (κ3) is 3.74. The number of nitrogens with zero attached hydrogens (tertiary/aromatic N) is 2. The van der Waals surface area contributed by atoms with Crippen molar-refractivity contribution in [2.45, 2.75) is 26.9 Å². The van der Waals surface area contributed by atoms with E-state index in [-0.39, 0.29) is 5.56 Å². The van der Waals surface area contributed by atoms with Gasteiger partial charge in [-0.15, -0.1) is 0 Å². The maximum Gasteiger partial charge on any atom is 0.339 e. The summed E-state index contributed by atoms with van der Waals surface area (Å²) in [6.45, 7) is 5.04. The number of nitrogens with one attached hydrogen (secondary N) is 1. The van der Waals surface area contributed by atoms with Gasteiger partial charge in [0.1, 0.15) is 5.82 Å². The van der Waals surface area contributed by atoms with Crippen LogP contribution in [0.3, 0.4) is 0 Å². The number of rotatable bonds is 4. The van der Waals surface area contributed by atoms with Gasteiger partial charge in [-0.05, 0) is 39.0 Å². The Hall–Kier alpha value is -2.70. The number of hydrogen-bond donors (Lipinski definition) is 1. The van der Waals surface area contributed by atoms with Crippen LogP contribution in [0.2, 0.25) is 0 Å². The van der Waals surface area contributed by atoms with Gasteiger partial charge < -0.3 is 10.1 Å². The molecule has 1 atom stereocenters. The highest BCUT2D eigenvalue weighted by atomic mass is 19.1. The lowest BCUT2D eigenvalue weighted by Crippen LogP contribution is -2.30. The van der Waals surface area contributed by atoms with Crippen molar-refractivity contribution in [3.8, 4) is 0 Å². The molecular weight excluding hydrogens is 301 g/mol. The van der Waals surface area contributed by atoms with E-state index in [9.17, 15) is 14.0 Å². The second-order valence-corrected chi connectivity index (χ2v) is 5.22. The number of anilines is 1. The summed E-state index contributed by atoms with van der Waals surface area (Å²) in [5.74, 6) is -1.78. The fraction of sp³-hybridized carbons (Fsp3) is 0.312. The van der Waals surface area contributed by atoms with Gasteiger partial charge in [-0.2, -0.15) is 5.10 Å². The summed E-state index contributed by atoms with van der Waals surface area (Å²) in [4.78, 5) is 24.1. The molecule has 2 rings (SSSR count). The Labute approximate surface area is 133 Å². The van der Waals surface area contributed by atoms with Crippen molar-refractivity contribution < 1.29 is 18.7 Å². The number of halogens is 1. The van der Waals surface area contributed by atoms with Gasteiger partial charge in [0.25, 0.3) is 5.91 Å². The Morgan fingerprint density at radius 2 is 2.04 bits per heavy atom. The number of ether oxygens (including phenoxy) is 1. The van der Waals surface area contributed by atoms with Crippen LogP contribution in [0.15, 0.2) is 24.3 Å². The van der Waals surface area contributed by atoms with E-state index < -0.39 is 23.8 Å². The Morgan fingerprint density at radius 1 is 1.35 bits per heavy atom. The van der Waals surface area contributed by atoms with Gasteiger partial charge in [0.2, 0.25) is 0 Å². The molecule has 0 bridgehead atoms. The molecule has 7 heteroatoms. The smallest absolute Gasteiger partial charge is 0.339 e.